The molecule has 0 radical (unpaired) electrons. The Morgan fingerprint density at radius 1 is 1.48 bits per heavy atom. The first-order valence-corrected chi connectivity index (χ1v) is 8.78. The monoisotopic (exact) mass is 347 g/mol. The van der Waals surface area contributed by atoms with E-state index in [1.165, 1.54) is 0 Å². The highest BCUT2D eigenvalue weighted by Crippen LogP contribution is 2.35. The molecule has 7 nitrogen and oxygen atoms in total. The van der Waals surface area contributed by atoms with Crippen molar-refractivity contribution in [3.05, 3.63) is 23.9 Å². The van der Waals surface area contributed by atoms with E-state index in [0.717, 1.165) is 25.8 Å². The maximum absolute atomic E-state index is 12.2. The molecule has 2 fully saturated rings. The third-order valence-electron chi connectivity index (χ3n) is 5.06. The summed E-state index contributed by atoms with van der Waals surface area (Å²) < 4.78 is 5.10. The molecular weight excluding hydrogens is 322 g/mol. The van der Waals surface area contributed by atoms with Crippen LogP contribution in [0.5, 0.6) is 0 Å². The molecule has 1 atom stereocenters. The van der Waals surface area contributed by atoms with Crippen LogP contribution < -0.4 is 10.2 Å². The Balaban J connectivity index is 1.76. The highest BCUT2D eigenvalue weighted by atomic mass is 16.5. The van der Waals surface area contributed by atoms with Gasteiger partial charge in [-0.15, -0.1) is 0 Å². The minimum atomic E-state index is -0.831. The average molecular weight is 347 g/mol. The molecule has 2 N–H and O–H groups in total. The molecule has 1 aliphatic carbocycles. The molecule has 136 valence electrons. The molecule has 25 heavy (non-hydrogen) atoms. The van der Waals surface area contributed by atoms with E-state index in [1.807, 2.05) is 4.90 Å². The summed E-state index contributed by atoms with van der Waals surface area (Å²) >= 11 is 0. The summed E-state index contributed by atoms with van der Waals surface area (Å²) in [5, 5.41) is 12.7. The number of carboxylic acids is 1. The van der Waals surface area contributed by atoms with E-state index in [-0.39, 0.29) is 5.91 Å². The van der Waals surface area contributed by atoms with Crippen molar-refractivity contribution < 1.29 is 19.4 Å². The molecule has 1 aliphatic heterocycles. The second-order valence-corrected chi connectivity index (χ2v) is 7.00. The molecule has 1 saturated heterocycles. The zero-order chi connectivity index (χ0) is 17.9. The van der Waals surface area contributed by atoms with Gasteiger partial charge in [-0.25, -0.2) is 4.98 Å². The number of ether oxygens (including phenoxy) is 1. The van der Waals surface area contributed by atoms with Gasteiger partial charge in [0.1, 0.15) is 5.82 Å². The van der Waals surface area contributed by atoms with Gasteiger partial charge < -0.3 is 20.1 Å². The maximum Gasteiger partial charge on any atom is 0.311 e. The van der Waals surface area contributed by atoms with Crippen LogP contribution >= 0.6 is 0 Å². The molecule has 2 heterocycles. The van der Waals surface area contributed by atoms with Crippen LogP contribution in [0.15, 0.2) is 18.3 Å². The van der Waals surface area contributed by atoms with E-state index < -0.39 is 11.4 Å². The van der Waals surface area contributed by atoms with Crippen LogP contribution in [0.25, 0.3) is 0 Å². The number of amides is 1. The number of pyridine rings is 1. The lowest BCUT2D eigenvalue weighted by Gasteiger charge is -2.40. The van der Waals surface area contributed by atoms with E-state index >= 15 is 0 Å². The molecule has 3 rings (SSSR count). The minimum absolute atomic E-state index is 0.0907. The number of nitrogens with one attached hydrogen (secondary N) is 1. The number of aromatic nitrogens is 1. The predicted octanol–water partition coefficient (Wildman–Crippen LogP) is 1.68. The summed E-state index contributed by atoms with van der Waals surface area (Å²) in [7, 11) is 1.58. The highest BCUT2D eigenvalue weighted by molar-refractivity contribution is 5.95. The molecule has 1 amide bonds. The lowest BCUT2D eigenvalue weighted by molar-refractivity contribution is -0.150. The first-order chi connectivity index (χ1) is 12.0. The van der Waals surface area contributed by atoms with Crippen LogP contribution in [0.1, 0.15) is 42.5 Å². The van der Waals surface area contributed by atoms with Gasteiger partial charge in [-0.1, -0.05) is 0 Å². The van der Waals surface area contributed by atoms with Gasteiger partial charge in [0.25, 0.3) is 5.91 Å². The topological polar surface area (TPSA) is 91.8 Å². The maximum atomic E-state index is 12.2. The number of nitrogens with zero attached hydrogens (tertiary/aromatic N) is 2. The van der Waals surface area contributed by atoms with Crippen molar-refractivity contribution in [1.29, 1.82) is 0 Å². The summed E-state index contributed by atoms with van der Waals surface area (Å²) in [4.78, 5) is 30.5. The lowest BCUT2D eigenvalue weighted by atomic mass is 9.77. The van der Waals surface area contributed by atoms with Crippen LogP contribution in [-0.4, -0.2) is 54.8 Å². The molecule has 0 bridgehead atoms. The van der Waals surface area contributed by atoms with Gasteiger partial charge in [-0.3, -0.25) is 9.59 Å². The van der Waals surface area contributed by atoms with Crippen LogP contribution in [0, 0.1) is 5.41 Å². The molecule has 1 saturated carbocycles. The van der Waals surface area contributed by atoms with Crippen molar-refractivity contribution in [2.45, 2.75) is 38.1 Å². The molecule has 0 spiro atoms. The number of carbonyl (C=O) groups excluding carboxylic acids is 1. The summed E-state index contributed by atoms with van der Waals surface area (Å²) in [6, 6.07) is 3.75. The van der Waals surface area contributed by atoms with E-state index in [2.05, 4.69) is 10.3 Å². The van der Waals surface area contributed by atoms with Crippen LogP contribution in [-0.2, 0) is 9.53 Å². The third kappa shape index (κ3) is 4.10. The quantitative estimate of drug-likeness (QED) is 0.780. The molecule has 7 heteroatoms. The zero-order valence-corrected chi connectivity index (χ0v) is 14.5. The van der Waals surface area contributed by atoms with Gasteiger partial charge in [-0.05, 0) is 44.2 Å². The van der Waals surface area contributed by atoms with Gasteiger partial charge in [0.15, 0.2) is 0 Å². The van der Waals surface area contributed by atoms with E-state index in [4.69, 9.17) is 4.74 Å². The molecule has 1 aromatic rings. The van der Waals surface area contributed by atoms with Crippen molar-refractivity contribution in [3.8, 4) is 0 Å². The van der Waals surface area contributed by atoms with Crippen molar-refractivity contribution in [3.63, 3.8) is 0 Å². The fourth-order valence-electron chi connectivity index (χ4n) is 3.34. The molecule has 1 aromatic heterocycles. The van der Waals surface area contributed by atoms with Crippen LogP contribution in [0.4, 0.5) is 5.82 Å². The van der Waals surface area contributed by atoms with Crippen molar-refractivity contribution in [1.82, 2.24) is 10.3 Å². The number of rotatable bonds is 7. The average Bonchev–Trinajstić information content (AvgIpc) is 3.44. The third-order valence-corrected chi connectivity index (χ3v) is 5.06. The predicted molar refractivity (Wildman–Crippen MR) is 92.7 cm³/mol. The van der Waals surface area contributed by atoms with Crippen molar-refractivity contribution in [2.75, 3.05) is 31.7 Å². The molecule has 2 aliphatic rings. The summed E-state index contributed by atoms with van der Waals surface area (Å²) in [5.41, 5.74) is -0.261. The molecular formula is C18H25N3O4. The van der Waals surface area contributed by atoms with Crippen LogP contribution in [0.2, 0.25) is 0 Å². The number of aliphatic carboxylic acids is 1. The first-order valence-electron chi connectivity index (χ1n) is 8.78. The summed E-state index contributed by atoms with van der Waals surface area (Å²) in [6.45, 7) is 1.53. The van der Waals surface area contributed by atoms with Gasteiger partial charge in [0, 0.05) is 44.6 Å². The first kappa shape index (κ1) is 17.7. The Labute approximate surface area is 147 Å². The number of methoxy groups -OCH3 is 1. The van der Waals surface area contributed by atoms with Crippen molar-refractivity contribution >= 4 is 17.7 Å². The number of anilines is 1. The van der Waals surface area contributed by atoms with E-state index in [1.54, 1.807) is 25.4 Å². The lowest BCUT2D eigenvalue weighted by Crippen LogP contribution is -2.48. The Kier molecular flexibility index (Phi) is 5.22. The zero-order valence-electron chi connectivity index (χ0n) is 14.5. The number of hydrogen-bond donors (Lipinski definition) is 2. The van der Waals surface area contributed by atoms with E-state index in [0.29, 0.717) is 43.4 Å². The Morgan fingerprint density at radius 3 is 2.96 bits per heavy atom. The Morgan fingerprint density at radius 2 is 2.28 bits per heavy atom. The largest absolute Gasteiger partial charge is 0.481 e. The standard InChI is InChI=1S/C18H25N3O4/c1-25-10-7-18(17(23)24)6-2-9-21(12-18)15-11-13(5-8-19-15)16(22)20-14-3-4-14/h5,8,11,14H,2-4,6-7,9-10,12H2,1H3,(H,20,22)(H,23,24)/t18-/m0/s1. The summed E-state index contributed by atoms with van der Waals surface area (Å²) in [6.07, 6.45) is 5.56. The second kappa shape index (κ2) is 7.39. The number of hydrogen-bond acceptors (Lipinski definition) is 5. The molecule has 0 aromatic carbocycles. The smallest absolute Gasteiger partial charge is 0.311 e. The Bertz CT molecular complexity index is 647. The number of carboxylic acid groups (broad SMARTS) is 1. The van der Waals surface area contributed by atoms with Crippen molar-refractivity contribution in [2.24, 2.45) is 5.41 Å². The molecule has 0 unspecified atom stereocenters. The second-order valence-electron chi connectivity index (χ2n) is 7.00. The number of piperidine rings is 1. The van der Waals surface area contributed by atoms with E-state index in [9.17, 15) is 14.7 Å². The minimum Gasteiger partial charge on any atom is -0.481 e. The van der Waals surface area contributed by atoms with Crippen LogP contribution in [0.3, 0.4) is 0 Å². The fraction of sp³-hybridized carbons (Fsp3) is 0.611. The summed E-state index contributed by atoms with van der Waals surface area (Å²) in [5.74, 6) is -0.227. The van der Waals surface area contributed by atoms with Gasteiger partial charge in [0.2, 0.25) is 0 Å². The SMILES string of the molecule is COCC[C@@]1(C(=O)O)CCCN(c2cc(C(=O)NC3CC3)ccn2)C1. The fourth-order valence-corrected chi connectivity index (χ4v) is 3.34. The van der Waals surface area contributed by atoms with Gasteiger partial charge in [-0.2, -0.15) is 0 Å². The normalized spacial score (nSPS) is 23.3. The van der Waals surface area contributed by atoms with Gasteiger partial charge >= 0.3 is 5.97 Å². The Hall–Kier alpha value is -2.15. The number of carbonyl (C=O) groups is 2. The highest BCUT2D eigenvalue weighted by Gasteiger charge is 2.42. The van der Waals surface area contributed by atoms with Gasteiger partial charge in [0.05, 0.1) is 5.41 Å².